The highest BCUT2D eigenvalue weighted by molar-refractivity contribution is 5.93. The minimum Gasteiger partial charge on any atom is -0.497 e. The van der Waals surface area contributed by atoms with Gasteiger partial charge < -0.3 is 29.0 Å². The molecule has 180 valence electrons. The second-order valence-corrected chi connectivity index (χ2v) is 9.30. The first-order valence-corrected chi connectivity index (χ1v) is 11.3. The molecule has 2 aromatic rings. The first-order chi connectivity index (χ1) is 15.6. The van der Waals surface area contributed by atoms with Crippen LogP contribution in [0.3, 0.4) is 0 Å². The Morgan fingerprint density at radius 3 is 2.39 bits per heavy atom. The SMILES string of the molecule is COc1ccc(OC)c(C(C)NC(=O)c2cccn2C2CCN(C(=O)OC(C)(C)C)CC2)c1. The van der Waals surface area contributed by atoms with Gasteiger partial charge in [-0.1, -0.05) is 0 Å². The van der Waals surface area contributed by atoms with Gasteiger partial charge in [0.2, 0.25) is 0 Å². The molecule has 0 bridgehead atoms. The van der Waals surface area contributed by atoms with E-state index in [1.165, 1.54) is 0 Å². The van der Waals surface area contributed by atoms with Crippen molar-refractivity contribution < 1.29 is 23.8 Å². The van der Waals surface area contributed by atoms with Crippen LogP contribution in [0, 0.1) is 0 Å². The third-order valence-corrected chi connectivity index (χ3v) is 5.77. The normalized spacial score (nSPS) is 15.6. The Morgan fingerprint density at radius 2 is 1.79 bits per heavy atom. The monoisotopic (exact) mass is 457 g/mol. The molecule has 1 unspecified atom stereocenters. The van der Waals surface area contributed by atoms with Crippen LogP contribution < -0.4 is 14.8 Å². The fraction of sp³-hybridized carbons (Fsp3) is 0.520. The second kappa shape index (κ2) is 10.2. The Balaban J connectivity index is 1.66. The zero-order valence-electron chi connectivity index (χ0n) is 20.4. The third-order valence-electron chi connectivity index (χ3n) is 5.77. The summed E-state index contributed by atoms with van der Waals surface area (Å²) >= 11 is 0. The first-order valence-electron chi connectivity index (χ1n) is 11.3. The van der Waals surface area contributed by atoms with E-state index in [9.17, 15) is 9.59 Å². The quantitative estimate of drug-likeness (QED) is 0.687. The number of hydrogen-bond donors (Lipinski definition) is 1. The van der Waals surface area contributed by atoms with E-state index in [0.717, 1.165) is 18.4 Å². The highest BCUT2D eigenvalue weighted by Crippen LogP contribution is 2.30. The van der Waals surface area contributed by atoms with E-state index in [1.54, 1.807) is 19.1 Å². The summed E-state index contributed by atoms with van der Waals surface area (Å²) in [6.07, 6.45) is 3.16. The summed E-state index contributed by atoms with van der Waals surface area (Å²) in [5.41, 5.74) is 0.926. The van der Waals surface area contributed by atoms with Crippen LogP contribution in [0.25, 0.3) is 0 Å². The van der Waals surface area contributed by atoms with Crippen LogP contribution in [0.5, 0.6) is 11.5 Å². The Bertz CT molecular complexity index is 971. The van der Waals surface area contributed by atoms with Gasteiger partial charge in [0.15, 0.2) is 0 Å². The van der Waals surface area contributed by atoms with Gasteiger partial charge in [-0.05, 0) is 70.9 Å². The number of carbonyl (C=O) groups is 2. The minimum absolute atomic E-state index is 0.140. The predicted octanol–water partition coefficient (Wildman–Crippen LogP) is 4.57. The number of nitrogens with zero attached hydrogens (tertiary/aromatic N) is 2. The van der Waals surface area contributed by atoms with Gasteiger partial charge in [0.05, 0.1) is 20.3 Å². The topological polar surface area (TPSA) is 82.0 Å². The van der Waals surface area contributed by atoms with Gasteiger partial charge in [-0.25, -0.2) is 4.79 Å². The maximum Gasteiger partial charge on any atom is 0.410 e. The molecule has 2 amide bonds. The van der Waals surface area contributed by atoms with Crippen molar-refractivity contribution in [2.45, 2.75) is 58.2 Å². The summed E-state index contributed by atoms with van der Waals surface area (Å²) in [4.78, 5) is 27.2. The summed E-state index contributed by atoms with van der Waals surface area (Å²) in [6.45, 7) is 8.70. The number of nitrogens with one attached hydrogen (secondary N) is 1. The van der Waals surface area contributed by atoms with E-state index < -0.39 is 5.60 Å². The Kier molecular flexibility index (Phi) is 7.56. The molecule has 1 atom stereocenters. The fourth-order valence-corrected chi connectivity index (χ4v) is 4.08. The molecule has 2 heterocycles. The van der Waals surface area contributed by atoms with E-state index in [1.807, 2.05) is 68.8 Å². The smallest absolute Gasteiger partial charge is 0.410 e. The van der Waals surface area contributed by atoms with Crippen molar-refractivity contribution in [1.82, 2.24) is 14.8 Å². The molecule has 8 heteroatoms. The molecule has 1 aliphatic heterocycles. The number of hydrogen-bond acceptors (Lipinski definition) is 5. The van der Waals surface area contributed by atoms with Crippen molar-refractivity contribution in [2.75, 3.05) is 27.3 Å². The van der Waals surface area contributed by atoms with Gasteiger partial charge in [-0.3, -0.25) is 4.79 Å². The van der Waals surface area contributed by atoms with Crippen LogP contribution in [0.4, 0.5) is 4.79 Å². The molecular formula is C25H35N3O5. The van der Waals surface area contributed by atoms with Gasteiger partial charge in [-0.15, -0.1) is 0 Å². The number of rotatable bonds is 6. The molecule has 1 N–H and O–H groups in total. The Hall–Kier alpha value is -3.16. The van der Waals surface area contributed by atoms with Gasteiger partial charge in [0.1, 0.15) is 22.8 Å². The molecule has 0 radical (unpaired) electrons. The molecule has 1 saturated heterocycles. The molecule has 1 aromatic carbocycles. The summed E-state index contributed by atoms with van der Waals surface area (Å²) in [6, 6.07) is 9.09. The highest BCUT2D eigenvalue weighted by Gasteiger charge is 2.29. The standard InChI is InChI=1S/C25H35N3O5/c1-17(20-16-19(31-5)9-10-22(20)32-6)26-23(29)21-8-7-13-28(21)18-11-14-27(15-12-18)24(30)33-25(2,3)4/h7-10,13,16-18H,11-12,14-15H2,1-6H3,(H,26,29). The number of benzene rings is 1. The molecule has 8 nitrogen and oxygen atoms in total. The summed E-state index contributed by atoms with van der Waals surface area (Å²) in [5, 5.41) is 3.08. The highest BCUT2D eigenvalue weighted by atomic mass is 16.6. The Morgan fingerprint density at radius 1 is 1.09 bits per heavy atom. The van der Waals surface area contributed by atoms with Crippen LogP contribution in [0.2, 0.25) is 0 Å². The van der Waals surface area contributed by atoms with Crippen molar-refractivity contribution in [1.29, 1.82) is 0 Å². The van der Waals surface area contributed by atoms with Gasteiger partial charge in [-0.2, -0.15) is 0 Å². The molecule has 0 spiro atoms. The lowest BCUT2D eigenvalue weighted by atomic mass is 10.0. The number of amides is 2. The number of methoxy groups -OCH3 is 2. The number of ether oxygens (including phenoxy) is 3. The molecule has 1 aromatic heterocycles. The van der Waals surface area contributed by atoms with E-state index in [2.05, 4.69) is 5.32 Å². The summed E-state index contributed by atoms with van der Waals surface area (Å²) in [7, 11) is 3.21. The van der Waals surface area contributed by atoms with E-state index in [4.69, 9.17) is 14.2 Å². The number of aromatic nitrogens is 1. The summed E-state index contributed by atoms with van der Waals surface area (Å²) in [5.74, 6) is 1.23. The van der Waals surface area contributed by atoms with Crippen LogP contribution in [-0.2, 0) is 4.74 Å². The predicted molar refractivity (Wildman–Crippen MR) is 126 cm³/mol. The number of carbonyl (C=O) groups excluding carboxylic acids is 2. The largest absolute Gasteiger partial charge is 0.497 e. The molecule has 1 fully saturated rings. The van der Waals surface area contributed by atoms with Gasteiger partial charge >= 0.3 is 6.09 Å². The van der Waals surface area contributed by atoms with Crippen LogP contribution >= 0.6 is 0 Å². The average Bonchev–Trinajstić information content (AvgIpc) is 3.27. The van der Waals surface area contributed by atoms with Gasteiger partial charge in [0.25, 0.3) is 5.91 Å². The molecular weight excluding hydrogens is 422 g/mol. The van der Waals surface area contributed by atoms with Crippen LogP contribution in [0.15, 0.2) is 36.5 Å². The molecule has 0 saturated carbocycles. The molecule has 0 aliphatic carbocycles. The second-order valence-electron chi connectivity index (χ2n) is 9.30. The van der Waals surface area contributed by atoms with E-state index in [0.29, 0.717) is 30.3 Å². The zero-order valence-corrected chi connectivity index (χ0v) is 20.4. The van der Waals surface area contributed by atoms with E-state index in [-0.39, 0.29) is 24.1 Å². The average molecular weight is 458 g/mol. The molecule has 3 rings (SSSR count). The molecule has 1 aliphatic rings. The minimum atomic E-state index is -0.512. The number of likely N-dealkylation sites (tertiary alicyclic amines) is 1. The third kappa shape index (κ3) is 6.00. The number of piperidine rings is 1. The van der Waals surface area contributed by atoms with Crippen molar-refractivity contribution >= 4 is 12.0 Å². The van der Waals surface area contributed by atoms with Crippen molar-refractivity contribution in [2.24, 2.45) is 0 Å². The summed E-state index contributed by atoms with van der Waals surface area (Å²) < 4.78 is 18.3. The molecule has 33 heavy (non-hydrogen) atoms. The van der Waals surface area contributed by atoms with Crippen molar-refractivity contribution in [3.63, 3.8) is 0 Å². The first kappa shape index (κ1) is 24.5. The lowest BCUT2D eigenvalue weighted by Gasteiger charge is -2.34. The van der Waals surface area contributed by atoms with Crippen molar-refractivity contribution in [3.05, 3.63) is 47.8 Å². The van der Waals surface area contributed by atoms with Crippen LogP contribution in [-0.4, -0.2) is 54.4 Å². The lowest BCUT2D eigenvalue weighted by Crippen LogP contribution is -2.42. The Labute approximate surface area is 195 Å². The maximum absolute atomic E-state index is 13.1. The zero-order chi connectivity index (χ0) is 24.2. The fourth-order valence-electron chi connectivity index (χ4n) is 4.08. The van der Waals surface area contributed by atoms with Gasteiger partial charge in [0, 0.05) is 30.9 Å². The van der Waals surface area contributed by atoms with E-state index >= 15 is 0 Å². The maximum atomic E-state index is 13.1. The van der Waals surface area contributed by atoms with Crippen molar-refractivity contribution in [3.8, 4) is 11.5 Å². The van der Waals surface area contributed by atoms with Crippen LogP contribution in [0.1, 0.15) is 68.7 Å². The lowest BCUT2D eigenvalue weighted by molar-refractivity contribution is 0.0187.